The maximum atomic E-state index is 11.4. The first-order valence-electron chi connectivity index (χ1n) is 7.20. The van der Waals surface area contributed by atoms with Crippen LogP contribution in [0.15, 0.2) is 0 Å². The molecule has 0 bridgehead atoms. The SMILES string of the molecule is CC(C)(C)COCOC(=O)CCCNC(=O)OC(C)(C)C. The van der Waals surface area contributed by atoms with Crippen molar-refractivity contribution in [1.82, 2.24) is 5.32 Å². The largest absolute Gasteiger partial charge is 0.444 e. The summed E-state index contributed by atoms with van der Waals surface area (Å²) in [6, 6.07) is 0. The molecule has 1 N–H and O–H groups in total. The van der Waals surface area contributed by atoms with Gasteiger partial charge in [-0.3, -0.25) is 4.79 Å². The van der Waals surface area contributed by atoms with Gasteiger partial charge in [0.1, 0.15) is 5.60 Å². The molecule has 0 radical (unpaired) electrons. The van der Waals surface area contributed by atoms with Gasteiger partial charge in [0.2, 0.25) is 0 Å². The predicted molar refractivity (Wildman–Crippen MR) is 79.8 cm³/mol. The molecule has 0 unspecified atom stereocenters. The van der Waals surface area contributed by atoms with Crippen molar-refractivity contribution in [3.8, 4) is 0 Å². The Balaban J connectivity index is 3.56. The van der Waals surface area contributed by atoms with E-state index in [0.717, 1.165) is 0 Å². The molecule has 21 heavy (non-hydrogen) atoms. The van der Waals surface area contributed by atoms with Crippen LogP contribution in [-0.2, 0) is 19.0 Å². The molecule has 0 aliphatic carbocycles. The Bertz CT molecular complexity index is 328. The topological polar surface area (TPSA) is 73.9 Å². The van der Waals surface area contributed by atoms with Gasteiger partial charge in [0.25, 0.3) is 0 Å². The van der Waals surface area contributed by atoms with E-state index in [-0.39, 0.29) is 24.6 Å². The second kappa shape index (κ2) is 8.87. The second-order valence-corrected chi connectivity index (χ2v) is 7.08. The van der Waals surface area contributed by atoms with Gasteiger partial charge in [0.15, 0.2) is 6.79 Å². The van der Waals surface area contributed by atoms with Crippen molar-refractivity contribution in [3.63, 3.8) is 0 Å². The normalized spacial score (nSPS) is 11.9. The highest BCUT2D eigenvalue weighted by atomic mass is 16.7. The monoisotopic (exact) mass is 303 g/mol. The Hall–Kier alpha value is -1.30. The number of hydrogen-bond donors (Lipinski definition) is 1. The number of esters is 1. The fourth-order valence-electron chi connectivity index (χ4n) is 1.26. The van der Waals surface area contributed by atoms with E-state index >= 15 is 0 Å². The Morgan fingerprint density at radius 2 is 1.67 bits per heavy atom. The van der Waals surface area contributed by atoms with Gasteiger partial charge < -0.3 is 19.5 Å². The minimum atomic E-state index is -0.520. The van der Waals surface area contributed by atoms with Crippen molar-refractivity contribution in [2.75, 3.05) is 19.9 Å². The van der Waals surface area contributed by atoms with Crippen LogP contribution < -0.4 is 5.32 Å². The zero-order chi connectivity index (χ0) is 16.5. The number of ether oxygens (including phenoxy) is 3. The van der Waals surface area contributed by atoms with Crippen molar-refractivity contribution < 1.29 is 23.8 Å². The minimum absolute atomic E-state index is 0.0321. The van der Waals surface area contributed by atoms with Crippen LogP contribution in [0.1, 0.15) is 54.4 Å². The Labute approximate surface area is 127 Å². The molecule has 0 aromatic carbocycles. The summed E-state index contributed by atoms with van der Waals surface area (Å²) in [5, 5.41) is 2.58. The highest BCUT2D eigenvalue weighted by molar-refractivity contribution is 5.69. The minimum Gasteiger partial charge on any atom is -0.444 e. The van der Waals surface area contributed by atoms with Crippen LogP contribution in [0.25, 0.3) is 0 Å². The highest BCUT2D eigenvalue weighted by Crippen LogP contribution is 2.12. The maximum Gasteiger partial charge on any atom is 0.407 e. The molecule has 0 rings (SSSR count). The number of nitrogens with one attached hydrogen (secondary N) is 1. The van der Waals surface area contributed by atoms with Crippen LogP contribution in [0.2, 0.25) is 0 Å². The lowest BCUT2D eigenvalue weighted by Crippen LogP contribution is -2.33. The molecule has 0 aliphatic heterocycles. The molecule has 124 valence electrons. The second-order valence-electron chi connectivity index (χ2n) is 7.08. The quantitative estimate of drug-likeness (QED) is 0.445. The molecule has 0 aromatic rings. The molecule has 0 atom stereocenters. The van der Waals surface area contributed by atoms with E-state index in [2.05, 4.69) is 5.32 Å². The van der Waals surface area contributed by atoms with Gasteiger partial charge in [-0.25, -0.2) is 4.79 Å². The van der Waals surface area contributed by atoms with Gasteiger partial charge in [-0.15, -0.1) is 0 Å². The van der Waals surface area contributed by atoms with Crippen LogP contribution >= 0.6 is 0 Å². The average Bonchev–Trinajstić information content (AvgIpc) is 2.27. The lowest BCUT2D eigenvalue weighted by molar-refractivity contribution is -0.158. The number of alkyl carbamates (subject to hydrolysis) is 1. The lowest BCUT2D eigenvalue weighted by atomic mass is 9.99. The molecule has 0 saturated carbocycles. The van der Waals surface area contributed by atoms with Gasteiger partial charge in [-0.1, -0.05) is 20.8 Å². The number of carbonyl (C=O) groups excluding carboxylic acids is 2. The summed E-state index contributed by atoms with van der Waals surface area (Å²) >= 11 is 0. The van der Waals surface area contributed by atoms with Crippen LogP contribution in [0.4, 0.5) is 4.79 Å². The maximum absolute atomic E-state index is 11.4. The van der Waals surface area contributed by atoms with Crippen molar-refractivity contribution in [2.24, 2.45) is 5.41 Å². The van der Waals surface area contributed by atoms with Gasteiger partial charge in [-0.05, 0) is 32.6 Å². The summed E-state index contributed by atoms with van der Waals surface area (Å²) in [7, 11) is 0. The molecule has 1 amide bonds. The highest BCUT2D eigenvalue weighted by Gasteiger charge is 2.15. The first kappa shape index (κ1) is 19.7. The lowest BCUT2D eigenvalue weighted by Gasteiger charge is -2.19. The summed E-state index contributed by atoms with van der Waals surface area (Å²) in [5.74, 6) is -0.338. The van der Waals surface area contributed by atoms with Gasteiger partial charge in [0, 0.05) is 13.0 Å². The van der Waals surface area contributed by atoms with E-state index in [1.165, 1.54) is 0 Å². The number of rotatable bonds is 7. The molecular formula is C15H29NO5. The smallest absolute Gasteiger partial charge is 0.407 e. The molecule has 6 heteroatoms. The first-order chi connectivity index (χ1) is 9.49. The predicted octanol–water partition coefficient (Wildman–Crippen LogP) is 2.85. The zero-order valence-corrected chi connectivity index (χ0v) is 14.1. The third kappa shape index (κ3) is 14.9. The summed E-state index contributed by atoms with van der Waals surface area (Å²) in [6.45, 7) is 12.4. The van der Waals surface area contributed by atoms with E-state index in [9.17, 15) is 9.59 Å². The van der Waals surface area contributed by atoms with Crippen molar-refractivity contribution in [3.05, 3.63) is 0 Å². The van der Waals surface area contributed by atoms with E-state index in [0.29, 0.717) is 19.6 Å². The van der Waals surface area contributed by atoms with Crippen LogP contribution in [0.3, 0.4) is 0 Å². The van der Waals surface area contributed by atoms with Crippen LogP contribution in [0, 0.1) is 5.41 Å². The molecule has 0 fully saturated rings. The van der Waals surface area contributed by atoms with Crippen molar-refractivity contribution in [2.45, 2.75) is 60.0 Å². The van der Waals surface area contributed by atoms with Crippen LogP contribution in [0.5, 0.6) is 0 Å². The Morgan fingerprint density at radius 3 is 2.19 bits per heavy atom. The van der Waals surface area contributed by atoms with E-state index in [4.69, 9.17) is 14.2 Å². The Morgan fingerprint density at radius 1 is 1.05 bits per heavy atom. The molecular weight excluding hydrogens is 274 g/mol. The molecule has 0 spiro atoms. The van der Waals surface area contributed by atoms with Crippen molar-refractivity contribution >= 4 is 12.1 Å². The van der Waals surface area contributed by atoms with E-state index in [1.807, 2.05) is 20.8 Å². The summed E-state index contributed by atoms with van der Waals surface area (Å²) in [5.41, 5.74) is -0.475. The number of carbonyl (C=O) groups is 2. The third-order valence-electron chi connectivity index (χ3n) is 2.06. The van der Waals surface area contributed by atoms with E-state index in [1.54, 1.807) is 20.8 Å². The fraction of sp³-hybridized carbons (Fsp3) is 0.867. The zero-order valence-electron chi connectivity index (χ0n) is 14.1. The molecule has 0 aromatic heterocycles. The number of amides is 1. The molecule has 0 saturated heterocycles. The third-order valence-corrected chi connectivity index (χ3v) is 2.06. The van der Waals surface area contributed by atoms with Gasteiger partial charge in [0.05, 0.1) is 6.61 Å². The molecule has 6 nitrogen and oxygen atoms in total. The Kier molecular flexibility index (Phi) is 8.32. The molecule has 0 heterocycles. The van der Waals surface area contributed by atoms with Crippen molar-refractivity contribution in [1.29, 1.82) is 0 Å². The number of hydrogen-bond acceptors (Lipinski definition) is 5. The fourth-order valence-corrected chi connectivity index (χ4v) is 1.26. The van der Waals surface area contributed by atoms with Crippen LogP contribution in [-0.4, -0.2) is 37.6 Å². The average molecular weight is 303 g/mol. The van der Waals surface area contributed by atoms with E-state index < -0.39 is 11.7 Å². The summed E-state index contributed by atoms with van der Waals surface area (Å²) in [6.07, 6.45) is 0.246. The first-order valence-corrected chi connectivity index (χ1v) is 7.20. The van der Waals surface area contributed by atoms with Gasteiger partial charge >= 0.3 is 12.1 Å². The van der Waals surface area contributed by atoms with Gasteiger partial charge in [-0.2, -0.15) is 0 Å². The summed E-state index contributed by atoms with van der Waals surface area (Å²) in [4.78, 5) is 22.7. The molecule has 0 aliphatic rings. The standard InChI is InChI=1S/C15H29NO5/c1-14(2,3)10-19-11-20-12(17)8-7-9-16-13(18)21-15(4,5)6/h7-11H2,1-6H3,(H,16,18). The summed E-state index contributed by atoms with van der Waals surface area (Å²) < 4.78 is 15.2.